The van der Waals surface area contributed by atoms with E-state index in [4.69, 9.17) is 7.85 Å². The van der Waals surface area contributed by atoms with Gasteiger partial charge in [0.2, 0.25) is 0 Å². The number of anilines is 1. The third kappa shape index (κ3) is 2.85. The highest BCUT2D eigenvalue weighted by Gasteiger charge is 2.09. The zero-order valence-corrected chi connectivity index (χ0v) is 12.6. The summed E-state index contributed by atoms with van der Waals surface area (Å²) in [6.45, 7) is 0. The molecule has 0 aliphatic rings. The number of halogens is 1. The molecule has 2 N–H and O–H groups in total. The highest BCUT2D eigenvalue weighted by Crippen LogP contribution is 2.19. The number of amides is 1. The number of benzene rings is 1. The number of aromatic amines is 1. The summed E-state index contributed by atoms with van der Waals surface area (Å²) in [5.74, 6) is -0.245. The molecule has 0 saturated carbocycles. The minimum Gasteiger partial charge on any atom is -0.342 e. The van der Waals surface area contributed by atoms with E-state index in [1.54, 1.807) is 30.5 Å². The van der Waals surface area contributed by atoms with Crippen LogP contribution in [0.15, 0.2) is 42.6 Å². The predicted octanol–water partition coefficient (Wildman–Crippen LogP) is 2.50. The molecule has 4 nitrogen and oxygen atoms in total. The number of carbonyl (C=O) groups is 1. The SMILES string of the molecule is [B]c1ccccc1C(=O)Nc1cnc2[nH]c(CBr)cc2c1. The van der Waals surface area contributed by atoms with Gasteiger partial charge in [-0.3, -0.25) is 4.79 Å². The van der Waals surface area contributed by atoms with Crippen molar-refractivity contribution in [2.45, 2.75) is 5.33 Å². The lowest BCUT2D eigenvalue weighted by Crippen LogP contribution is -2.21. The second-order valence-electron chi connectivity index (χ2n) is 4.63. The molecule has 1 amide bonds. The Labute approximate surface area is 131 Å². The van der Waals surface area contributed by atoms with E-state index >= 15 is 0 Å². The van der Waals surface area contributed by atoms with Gasteiger partial charge in [-0.25, -0.2) is 4.98 Å². The van der Waals surface area contributed by atoms with Crippen LogP contribution in [-0.2, 0) is 5.33 Å². The van der Waals surface area contributed by atoms with Gasteiger partial charge in [0.25, 0.3) is 5.91 Å². The highest BCUT2D eigenvalue weighted by atomic mass is 79.9. The first kappa shape index (κ1) is 13.9. The molecule has 0 unspecified atom stereocenters. The van der Waals surface area contributed by atoms with Crippen molar-refractivity contribution >= 4 is 51.9 Å². The van der Waals surface area contributed by atoms with Gasteiger partial charge in [0.15, 0.2) is 0 Å². The average Bonchev–Trinajstić information content (AvgIpc) is 2.90. The molecule has 2 aromatic heterocycles. The van der Waals surface area contributed by atoms with Crippen molar-refractivity contribution in [3.63, 3.8) is 0 Å². The number of hydrogen-bond acceptors (Lipinski definition) is 2. The van der Waals surface area contributed by atoms with Gasteiger partial charge >= 0.3 is 0 Å². The summed E-state index contributed by atoms with van der Waals surface area (Å²) in [6, 6.07) is 10.8. The predicted molar refractivity (Wildman–Crippen MR) is 88.5 cm³/mol. The Bertz CT molecular complexity index is 816. The van der Waals surface area contributed by atoms with Crippen molar-refractivity contribution in [3.05, 3.63) is 53.9 Å². The van der Waals surface area contributed by atoms with Gasteiger partial charge in [0, 0.05) is 22.0 Å². The first-order chi connectivity index (χ1) is 10.2. The van der Waals surface area contributed by atoms with Gasteiger partial charge in [-0.2, -0.15) is 0 Å². The van der Waals surface area contributed by atoms with Crippen molar-refractivity contribution in [2.75, 3.05) is 5.32 Å². The molecule has 21 heavy (non-hydrogen) atoms. The van der Waals surface area contributed by atoms with Crippen molar-refractivity contribution in [1.29, 1.82) is 0 Å². The quantitative estimate of drug-likeness (QED) is 0.569. The van der Waals surface area contributed by atoms with E-state index in [0.717, 1.165) is 22.1 Å². The first-order valence-corrected chi connectivity index (χ1v) is 7.49. The number of H-pyrrole nitrogens is 1. The lowest BCUT2D eigenvalue weighted by molar-refractivity contribution is 0.102. The zero-order valence-electron chi connectivity index (χ0n) is 11.1. The van der Waals surface area contributed by atoms with Gasteiger partial charge in [-0.15, -0.1) is 0 Å². The van der Waals surface area contributed by atoms with Crippen LogP contribution >= 0.6 is 15.9 Å². The molecule has 0 aliphatic carbocycles. The molecule has 0 saturated heterocycles. The molecule has 6 heteroatoms. The minimum atomic E-state index is -0.245. The Morgan fingerprint density at radius 2 is 2.14 bits per heavy atom. The molecule has 102 valence electrons. The van der Waals surface area contributed by atoms with Crippen molar-refractivity contribution in [2.24, 2.45) is 0 Å². The number of rotatable bonds is 3. The number of fused-ring (bicyclic) bond motifs is 1. The lowest BCUT2D eigenvalue weighted by Gasteiger charge is -2.07. The molecule has 3 rings (SSSR count). The van der Waals surface area contributed by atoms with E-state index in [-0.39, 0.29) is 5.91 Å². The molecule has 0 aliphatic heterocycles. The Kier molecular flexibility index (Phi) is 3.79. The minimum absolute atomic E-state index is 0.245. The molecule has 1 aromatic carbocycles. The molecule has 0 fully saturated rings. The lowest BCUT2D eigenvalue weighted by atomic mass is 9.90. The molecule has 3 aromatic rings. The fraction of sp³-hybridized carbons (Fsp3) is 0.0667. The van der Waals surface area contributed by atoms with E-state index in [1.807, 2.05) is 12.1 Å². The third-order valence-electron chi connectivity index (χ3n) is 3.13. The van der Waals surface area contributed by atoms with Crippen LogP contribution < -0.4 is 10.8 Å². The second-order valence-corrected chi connectivity index (χ2v) is 5.19. The Hall–Kier alpha value is -2.08. The van der Waals surface area contributed by atoms with Gasteiger partial charge < -0.3 is 10.3 Å². The van der Waals surface area contributed by atoms with Gasteiger partial charge in [0.05, 0.1) is 11.9 Å². The molecule has 0 atom stereocenters. The maximum atomic E-state index is 12.2. The van der Waals surface area contributed by atoms with Gasteiger partial charge in [-0.1, -0.05) is 45.7 Å². The van der Waals surface area contributed by atoms with Gasteiger partial charge in [0.1, 0.15) is 13.5 Å². The number of alkyl halides is 1. The van der Waals surface area contributed by atoms with Crippen LogP contribution in [0.2, 0.25) is 0 Å². The molecule has 2 heterocycles. The Morgan fingerprint density at radius 3 is 2.90 bits per heavy atom. The summed E-state index contributed by atoms with van der Waals surface area (Å²) in [5, 5.41) is 4.49. The van der Waals surface area contributed by atoms with Crippen LogP contribution in [0, 0.1) is 0 Å². The maximum Gasteiger partial charge on any atom is 0.255 e. The number of hydrogen-bond donors (Lipinski definition) is 2. The van der Waals surface area contributed by atoms with E-state index in [9.17, 15) is 4.79 Å². The van der Waals surface area contributed by atoms with Crippen LogP contribution in [0.4, 0.5) is 5.69 Å². The number of nitrogens with zero attached hydrogens (tertiary/aromatic N) is 1. The number of pyridine rings is 1. The summed E-state index contributed by atoms with van der Waals surface area (Å²) in [5.41, 5.74) is 3.37. The van der Waals surface area contributed by atoms with Crippen LogP contribution in [0.1, 0.15) is 16.1 Å². The monoisotopic (exact) mass is 339 g/mol. The van der Waals surface area contributed by atoms with Crippen molar-refractivity contribution < 1.29 is 4.79 Å². The van der Waals surface area contributed by atoms with Crippen LogP contribution in [0.5, 0.6) is 0 Å². The smallest absolute Gasteiger partial charge is 0.255 e. The van der Waals surface area contributed by atoms with Crippen LogP contribution in [-0.4, -0.2) is 23.7 Å². The molecule has 0 bridgehead atoms. The van der Waals surface area contributed by atoms with Crippen molar-refractivity contribution in [3.8, 4) is 0 Å². The number of nitrogens with one attached hydrogen (secondary N) is 2. The number of aromatic nitrogens is 2. The number of carbonyl (C=O) groups excluding carboxylic acids is 1. The highest BCUT2D eigenvalue weighted by molar-refractivity contribution is 9.08. The van der Waals surface area contributed by atoms with E-state index in [2.05, 4.69) is 31.2 Å². The van der Waals surface area contributed by atoms with E-state index in [1.165, 1.54) is 0 Å². The summed E-state index contributed by atoms with van der Waals surface area (Å²) in [6.07, 6.45) is 1.62. The second kappa shape index (κ2) is 5.73. The Morgan fingerprint density at radius 1 is 1.33 bits per heavy atom. The van der Waals surface area contributed by atoms with Gasteiger partial charge in [-0.05, 0) is 12.1 Å². The van der Waals surface area contributed by atoms with E-state index in [0.29, 0.717) is 16.7 Å². The summed E-state index contributed by atoms with van der Waals surface area (Å²) in [7, 11) is 5.80. The van der Waals surface area contributed by atoms with Crippen molar-refractivity contribution in [1.82, 2.24) is 9.97 Å². The zero-order chi connectivity index (χ0) is 14.8. The van der Waals surface area contributed by atoms with Crippen LogP contribution in [0.25, 0.3) is 11.0 Å². The summed E-state index contributed by atoms with van der Waals surface area (Å²) in [4.78, 5) is 19.7. The van der Waals surface area contributed by atoms with E-state index < -0.39 is 0 Å². The molecule has 2 radical (unpaired) electrons. The fourth-order valence-electron chi connectivity index (χ4n) is 2.11. The largest absolute Gasteiger partial charge is 0.342 e. The maximum absolute atomic E-state index is 12.2. The Balaban J connectivity index is 1.87. The molecular formula is C15H11BBrN3O. The summed E-state index contributed by atoms with van der Waals surface area (Å²) < 4.78 is 0. The average molecular weight is 340 g/mol. The van der Waals surface area contributed by atoms with Crippen LogP contribution in [0.3, 0.4) is 0 Å². The summed E-state index contributed by atoms with van der Waals surface area (Å²) >= 11 is 3.39. The molecular weight excluding hydrogens is 329 g/mol. The third-order valence-corrected chi connectivity index (χ3v) is 3.74. The first-order valence-electron chi connectivity index (χ1n) is 6.37. The fourth-order valence-corrected chi connectivity index (χ4v) is 2.42. The molecule has 0 spiro atoms. The normalized spacial score (nSPS) is 10.7. The standard InChI is InChI=1S/C15H11BBrN3O/c16-13-4-2-1-3-12(13)15(21)20-11-6-9-5-10(7-17)19-14(9)18-8-11/h1-6,8H,7H2,(H,18,19)(H,20,21). The topological polar surface area (TPSA) is 57.8 Å².